The molecule has 0 aliphatic carbocycles. The lowest BCUT2D eigenvalue weighted by molar-refractivity contribution is 0.591. The van der Waals surface area contributed by atoms with E-state index in [0.29, 0.717) is 24.6 Å². The molecule has 0 saturated heterocycles. The molecule has 30 heavy (non-hydrogen) atoms. The quantitative estimate of drug-likeness (QED) is 0.480. The molecule has 0 spiro atoms. The highest BCUT2D eigenvalue weighted by molar-refractivity contribution is 7.92. The number of sulfonamides is 1. The van der Waals surface area contributed by atoms with Crippen molar-refractivity contribution in [3.63, 3.8) is 0 Å². The van der Waals surface area contributed by atoms with Crippen LogP contribution in [0.2, 0.25) is 0 Å². The average Bonchev–Trinajstić information content (AvgIpc) is 2.79. The van der Waals surface area contributed by atoms with Gasteiger partial charge in [-0.15, -0.1) is 0 Å². The summed E-state index contributed by atoms with van der Waals surface area (Å²) in [6.45, 7) is 2.69. The summed E-state index contributed by atoms with van der Waals surface area (Å²) in [5, 5.41) is 4.32. The van der Waals surface area contributed by atoms with Crippen LogP contribution >= 0.6 is 0 Å². The highest BCUT2D eigenvalue weighted by Crippen LogP contribution is 2.23. The van der Waals surface area contributed by atoms with E-state index in [1.807, 2.05) is 55.5 Å². The number of nitrogens with one attached hydrogen (secondary N) is 1. The molecule has 0 unspecified atom stereocenters. The average molecular weight is 419 g/mol. The zero-order valence-electron chi connectivity index (χ0n) is 16.6. The number of para-hydroxylation sites is 2. The topological polar surface area (TPSA) is 75.2 Å². The maximum Gasteiger partial charge on any atom is 0.265 e. The molecule has 6 nitrogen and oxygen atoms in total. The van der Waals surface area contributed by atoms with Gasteiger partial charge in [-0.1, -0.05) is 42.5 Å². The van der Waals surface area contributed by atoms with E-state index in [-0.39, 0.29) is 4.90 Å². The first-order valence-corrected chi connectivity index (χ1v) is 11.1. The second-order valence-electron chi connectivity index (χ2n) is 6.73. The van der Waals surface area contributed by atoms with Crippen molar-refractivity contribution in [3.8, 4) is 0 Å². The summed E-state index contributed by atoms with van der Waals surface area (Å²) >= 11 is 0. The number of fused-ring (bicyclic) bond motifs is 1. The summed E-state index contributed by atoms with van der Waals surface area (Å²) in [6.07, 6.45) is 3.17. The zero-order valence-corrected chi connectivity index (χ0v) is 17.4. The molecule has 2 aromatic carbocycles. The predicted molar refractivity (Wildman–Crippen MR) is 120 cm³/mol. The Morgan fingerprint density at radius 3 is 2.43 bits per heavy atom. The molecule has 1 N–H and O–H groups in total. The Bertz CT molecular complexity index is 1240. The Hall–Kier alpha value is -3.45. The van der Waals surface area contributed by atoms with E-state index >= 15 is 0 Å². The minimum Gasteiger partial charge on any atom is -0.366 e. The van der Waals surface area contributed by atoms with E-state index in [0.717, 1.165) is 16.5 Å². The third kappa shape index (κ3) is 3.97. The van der Waals surface area contributed by atoms with Gasteiger partial charge in [-0.25, -0.2) is 13.4 Å². The van der Waals surface area contributed by atoms with E-state index < -0.39 is 10.0 Å². The molecule has 0 atom stereocenters. The third-order valence-corrected chi connectivity index (χ3v) is 6.72. The van der Waals surface area contributed by atoms with Crippen molar-refractivity contribution in [2.45, 2.75) is 18.4 Å². The molecule has 0 aliphatic rings. The molecule has 4 rings (SSSR count). The van der Waals surface area contributed by atoms with Gasteiger partial charge >= 0.3 is 0 Å². The van der Waals surface area contributed by atoms with Crippen LogP contribution in [0.15, 0.2) is 90.1 Å². The number of hydrogen-bond acceptors (Lipinski definition) is 5. The van der Waals surface area contributed by atoms with Gasteiger partial charge in [0.15, 0.2) is 0 Å². The number of benzene rings is 2. The Kier molecular flexibility index (Phi) is 5.63. The largest absolute Gasteiger partial charge is 0.366 e. The van der Waals surface area contributed by atoms with Crippen molar-refractivity contribution >= 4 is 32.4 Å². The number of anilines is 2. The van der Waals surface area contributed by atoms with Gasteiger partial charge in [0, 0.05) is 30.9 Å². The maximum absolute atomic E-state index is 13.1. The maximum atomic E-state index is 13.1. The lowest BCUT2D eigenvalue weighted by Crippen LogP contribution is -2.30. The van der Waals surface area contributed by atoms with Crippen LogP contribution < -0.4 is 9.62 Å². The van der Waals surface area contributed by atoms with Crippen molar-refractivity contribution in [2.75, 3.05) is 16.2 Å². The van der Waals surface area contributed by atoms with Gasteiger partial charge in [0.1, 0.15) is 10.7 Å². The monoisotopic (exact) mass is 418 g/mol. The molecule has 152 valence electrons. The molecule has 0 amide bonds. The molecular weight excluding hydrogens is 396 g/mol. The fourth-order valence-corrected chi connectivity index (χ4v) is 4.77. The zero-order chi connectivity index (χ0) is 21.0. The number of aromatic nitrogens is 2. The summed E-state index contributed by atoms with van der Waals surface area (Å²) < 4.78 is 27.5. The molecule has 2 aromatic heterocycles. The molecule has 0 aliphatic heterocycles. The Labute approximate surface area is 176 Å². The number of rotatable bonds is 7. The van der Waals surface area contributed by atoms with Crippen molar-refractivity contribution in [1.82, 2.24) is 9.97 Å². The van der Waals surface area contributed by atoms with Crippen LogP contribution in [0.25, 0.3) is 10.9 Å². The SMILES string of the molecule is CCN(c1ccccc1)S(=O)(=O)c1ccc(NCc2cccc3cccnc23)nc1. The van der Waals surface area contributed by atoms with Crippen LogP contribution in [0.4, 0.5) is 11.5 Å². The standard InChI is InChI=1S/C23H22N4O2S/c1-2-27(20-11-4-3-5-12-20)30(28,29)21-13-14-22(26-17-21)25-16-19-9-6-8-18-10-7-15-24-23(18)19/h3-15,17H,2,16H2,1H3,(H,25,26). The minimum atomic E-state index is -3.68. The third-order valence-electron chi connectivity index (χ3n) is 4.83. The second-order valence-corrected chi connectivity index (χ2v) is 8.59. The van der Waals surface area contributed by atoms with Gasteiger partial charge in [0.25, 0.3) is 10.0 Å². The van der Waals surface area contributed by atoms with Crippen molar-refractivity contribution in [1.29, 1.82) is 0 Å². The van der Waals surface area contributed by atoms with Crippen LogP contribution in [0, 0.1) is 0 Å². The summed E-state index contributed by atoms with van der Waals surface area (Å²) in [5.41, 5.74) is 2.62. The Morgan fingerprint density at radius 2 is 1.70 bits per heavy atom. The Morgan fingerprint density at radius 1 is 0.900 bits per heavy atom. The highest BCUT2D eigenvalue weighted by Gasteiger charge is 2.23. The van der Waals surface area contributed by atoms with E-state index in [1.165, 1.54) is 10.5 Å². The summed E-state index contributed by atoms with van der Waals surface area (Å²) in [4.78, 5) is 8.92. The first-order valence-electron chi connectivity index (χ1n) is 9.70. The fraction of sp³-hybridized carbons (Fsp3) is 0.130. The van der Waals surface area contributed by atoms with E-state index in [9.17, 15) is 8.42 Å². The van der Waals surface area contributed by atoms with Crippen LogP contribution in [0.1, 0.15) is 12.5 Å². The summed E-state index contributed by atoms with van der Waals surface area (Å²) in [5.74, 6) is 0.602. The fourth-order valence-electron chi connectivity index (χ4n) is 3.35. The van der Waals surface area contributed by atoms with E-state index in [1.54, 1.807) is 30.5 Å². The van der Waals surface area contributed by atoms with Gasteiger partial charge in [-0.05, 0) is 42.8 Å². The van der Waals surface area contributed by atoms with Crippen LogP contribution in [-0.2, 0) is 16.6 Å². The van der Waals surface area contributed by atoms with Gasteiger partial charge in [-0.3, -0.25) is 9.29 Å². The molecule has 0 fully saturated rings. The minimum absolute atomic E-state index is 0.158. The van der Waals surface area contributed by atoms with Gasteiger partial charge < -0.3 is 5.32 Å². The number of pyridine rings is 2. The lowest BCUT2D eigenvalue weighted by atomic mass is 10.1. The number of hydrogen-bond donors (Lipinski definition) is 1. The number of nitrogens with zero attached hydrogens (tertiary/aromatic N) is 3. The van der Waals surface area contributed by atoms with Crippen LogP contribution in [-0.4, -0.2) is 24.9 Å². The van der Waals surface area contributed by atoms with Crippen molar-refractivity contribution < 1.29 is 8.42 Å². The summed E-state index contributed by atoms with van der Waals surface area (Å²) in [6, 6.07) is 22.3. The molecule has 7 heteroatoms. The normalized spacial score (nSPS) is 11.4. The first kappa shape index (κ1) is 19.8. The lowest BCUT2D eigenvalue weighted by Gasteiger charge is -2.22. The van der Waals surface area contributed by atoms with Crippen LogP contribution in [0.5, 0.6) is 0 Å². The smallest absolute Gasteiger partial charge is 0.265 e. The van der Waals surface area contributed by atoms with Crippen molar-refractivity contribution in [2.24, 2.45) is 0 Å². The van der Waals surface area contributed by atoms with Gasteiger partial charge in [0.05, 0.1) is 11.2 Å². The van der Waals surface area contributed by atoms with Crippen LogP contribution in [0.3, 0.4) is 0 Å². The molecule has 4 aromatic rings. The first-order chi connectivity index (χ1) is 14.6. The molecular formula is C23H22N4O2S. The van der Waals surface area contributed by atoms with Gasteiger partial charge in [0.2, 0.25) is 0 Å². The molecule has 0 radical (unpaired) electrons. The van der Waals surface area contributed by atoms with E-state index in [2.05, 4.69) is 15.3 Å². The van der Waals surface area contributed by atoms with Gasteiger partial charge in [-0.2, -0.15) is 0 Å². The summed E-state index contributed by atoms with van der Waals surface area (Å²) in [7, 11) is -3.68. The second kappa shape index (κ2) is 8.51. The predicted octanol–water partition coefficient (Wildman–Crippen LogP) is 4.46. The molecule has 2 heterocycles. The Balaban J connectivity index is 1.52. The van der Waals surface area contributed by atoms with E-state index in [4.69, 9.17) is 0 Å². The molecule has 0 saturated carbocycles. The van der Waals surface area contributed by atoms with Crippen molar-refractivity contribution in [3.05, 3.63) is 90.8 Å². The molecule has 0 bridgehead atoms. The highest BCUT2D eigenvalue weighted by atomic mass is 32.2.